The average Bonchev–Trinajstić information content (AvgIpc) is 2.61. The van der Waals surface area contributed by atoms with Crippen molar-refractivity contribution in [1.29, 1.82) is 5.26 Å². The lowest BCUT2D eigenvalue weighted by Gasteiger charge is -2.36. The number of alkyl halides is 3. The van der Waals surface area contributed by atoms with Crippen LogP contribution in [0, 0.1) is 11.3 Å². The highest BCUT2D eigenvalue weighted by Gasteiger charge is 2.36. The van der Waals surface area contributed by atoms with E-state index in [1.807, 2.05) is 4.90 Å². The van der Waals surface area contributed by atoms with E-state index in [1.165, 1.54) is 12.3 Å². The molecule has 0 aromatic carbocycles. The van der Waals surface area contributed by atoms with E-state index in [1.54, 1.807) is 23.2 Å². The molecule has 0 bridgehead atoms. The third kappa shape index (κ3) is 3.25. The molecule has 24 heavy (non-hydrogen) atoms. The third-order valence-electron chi connectivity index (χ3n) is 3.87. The van der Waals surface area contributed by atoms with E-state index >= 15 is 0 Å². The molecule has 0 aliphatic carbocycles. The van der Waals surface area contributed by atoms with Crippen molar-refractivity contribution in [3.8, 4) is 6.07 Å². The van der Waals surface area contributed by atoms with Crippen LogP contribution in [0.2, 0.25) is 0 Å². The first-order chi connectivity index (χ1) is 11.5. The Balaban J connectivity index is 1.75. The molecule has 0 amide bonds. The number of aromatic nitrogens is 2. The Hall–Kier alpha value is -2.82. The van der Waals surface area contributed by atoms with Crippen molar-refractivity contribution < 1.29 is 13.2 Å². The van der Waals surface area contributed by atoms with Crippen LogP contribution in [0.15, 0.2) is 36.7 Å². The van der Waals surface area contributed by atoms with Crippen LogP contribution in [0.3, 0.4) is 0 Å². The average molecular weight is 333 g/mol. The zero-order valence-corrected chi connectivity index (χ0v) is 12.7. The summed E-state index contributed by atoms with van der Waals surface area (Å²) >= 11 is 0. The van der Waals surface area contributed by atoms with Crippen LogP contribution in [0.25, 0.3) is 0 Å². The summed E-state index contributed by atoms with van der Waals surface area (Å²) in [5, 5.41) is 8.94. The molecular formula is C16H14F3N5. The molecule has 124 valence electrons. The molecule has 0 atom stereocenters. The number of rotatable bonds is 2. The zero-order valence-electron chi connectivity index (χ0n) is 12.7. The van der Waals surface area contributed by atoms with Gasteiger partial charge in [-0.1, -0.05) is 0 Å². The molecular weight excluding hydrogens is 319 g/mol. The normalized spacial score (nSPS) is 15.2. The first-order valence-electron chi connectivity index (χ1n) is 7.37. The molecule has 2 aromatic heterocycles. The second-order valence-electron chi connectivity index (χ2n) is 5.36. The Morgan fingerprint density at radius 2 is 1.71 bits per heavy atom. The van der Waals surface area contributed by atoms with Gasteiger partial charge in [0.05, 0.1) is 17.2 Å². The number of anilines is 2. The molecule has 0 N–H and O–H groups in total. The molecule has 1 aliphatic rings. The van der Waals surface area contributed by atoms with E-state index in [0.29, 0.717) is 37.6 Å². The highest BCUT2D eigenvalue weighted by atomic mass is 19.4. The minimum atomic E-state index is -4.43. The molecule has 0 saturated carbocycles. The fourth-order valence-electron chi connectivity index (χ4n) is 2.68. The fraction of sp³-hybridized carbons (Fsp3) is 0.312. The van der Waals surface area contributed by atoms with Crippen LogP contribution >= 0.6 is 0 Å². The van der Waals surface area contributed by atoms with Gasteiger partial charge in [-0.3, -0.25) is 0 Å². The molecule has 1 saturated heterocycles. The number of halogens is 3. The maximum Gasteiger partial charge on any atom is 0.419 e. The van der Waals surface area contributed by atoms with Crippen molar-refractivity contribution in [2.45, 2.75) is 6.18 Å². The van der Waals surface area contributed by atoms with Crippen molar-refractivity contribution in [2.75, 3.05) is 36.0 Å². The van der Waals surface area contributed by atoms with Gasteiger partial charge in [-0.2, -0.15) is 18.4 Å². The van der Waals surface area contributed by atoms with E-state index in [9.17, 15) is 13.2 Å². The number of pyridine rings is 2. The van der Waals surface area contributed by atoms with Crippen molar-refractivity contribution in [1.82, 2.24) is 9.97 Å². The monoisotopic (exact) mass is 333 g/mol. The van der Waals surface area contributed by atoms with Gasteiger partial charge in [0.25, 0.3) is 0 Å². The lowest BCUT2D eigenvalue weighted by molar-refractivity contribution is -0.137. The Morgan fingerprint density at radius 1 is 1.00 bits per heavy atom. The number of hydrogen-bond donors (Lipinski definition) is 0. The van der Waals surface area contributed by atoms with Gasteiger partial charge >= 0.3 is 6.18 Å². The van der Waals surface area contributed by atoms with Gasteiger partial charge < -0.3 is 9.80 Å². The van der Waals surface area contributed by atoms with Crippen LogP contribution in [-0.2, 0) is 6.18 Å². The number of piperazine rings is 1. The Kier molecular flexibility index (Phi) is 4.25. The summed E-state index contributed by atoms with van der Waals surface area (Å²) in [6.45, 7) is 1.82. The van der Waals surface area contributed by atoms with E-state index in [-0.39, 0.29) is 5.82 Å². The highest BCUT2D eigenvalue weighted by Crippen LogP contribution is 2.35. The van der Waals surface area contributed by atoms with E-state index in [4.69, 9.17) is 5.26 Å². The van der Waals surface area contributed by atoms with E-state index in [2.05, 4.69) is 16.0 Å². The SMILES string of the molecule is N#Cc1ccnc(N2CCN(c3ncccc3C(F)(F)F)CC2)c1. The summed E-state index contributed by atoms with van der Waals surface area (Å²) in [4.78, 5) is 11.7. The van der Waals surface area contributed by atoms with Gasteiger partial charge in [0.15, 0.2) is 0 Å². The molecule has 0 radical (unpaired) electrons. The van der Waals surface area contributed by atoms with Crippen molar-refractivity contribution in [3.05, 3.63) is 47.8 Å². The minimum absolute atomic E-state index is 0.0385. The highest BCUT2D eigenvalue weighted by molar-refractivity contribution is 5.51. The van der Waals surface area contributed by atoms with Crippen LogP contribution in [0.5, 0.6) is 0 Å². The van der Waals surface area contributed by atoms with Gasteiger partial charge in [-0.25, -0.2) is 9.97 Å². The summed E-state index contributed by atoms with van der Waals surface area (Å²) in [5.41, 5.74) is -0.213. The number of hydrogen-bond acceptors (Lipinski definition) is 5. The van der Waals surface area contributed by atoms with E-state index < -0.39 is 11.7 Å². The maximum atomic E-state index is 13.1. The van der Waals surface area contributed by atoms with Crippen LogP contribution in [0.1, 0.15) is 11.1 Å². The smallest absolute Gasteiger partial charge is 0.353 e. The summed E-state index contributed by atoms with van der Waals surface area (Å²) in [5.74, 6) is 0.620. The number of nitriles is 1. The molecule has 1 aliphatic heterocycles. The lowest BCUT2D eigenvalue weighted by Crippen LogP contribution is -2.47. The molecule has 3 rings (SSSR count). The summed E-state index contributed by atoms with van der Waals surface area (Å²) in [6.07, 6.45) is -1.50. The minimum Gasteiger partial charge on any atom is -0.353 e. The molecule has 0 unspecified atom stereocenters. The Morgan fingerprint density at radius 3 is 2.38 bits per heavy atom. The molecule has 5 nitrogen and oxygen atoms in total. The molecule has 8 heteroatoms. The summed E-state index contributed by atoms with van der Waals surface area (Å²) in [6, 6.07) is 7.69. The molecule has 1 fully saturated rings. The van der Waals surface area contributed by atoms with Crippen LogP contribution < -0.4 is 9.80 Å². The number of nitrogens with zero attached hydrogens (tertiary/aromatic N) is 5. The second-order valence-corrected chi connectivity index (χ2v) is 5.36. The molecule has 0 spiro atoms. The largest absolute Gasteiger partial charge is 0.419 e. The Labute approximate surface area is 137 Å². The predicted molar refractivity (Wildman–Crippen MR) is 82.6 cm³/mol. The lowest BCUT2D eigenvalue weighted by atomic mass is 10.2. The molecule has 3 heterocycles. The quantitative estimate of drug-likeness (QED) is 0.846. The van der Waals surface area contributed by atoms with Gasteiger partial charge in [-0.15, -0.1) is 0 Å². The standard InChI is InChI=1S/C16H14F3N5/c17-16(18,19)13-2-1-4-22-15(13)24-8-6-23(7-9-24)14-10-12(11-20)3-5-21-14/h1-5,10H,6-9H2. The zero-order chi connectivity index (χ0) is 17.2. The van der Waals surface area contributed by atoms with Crippen molar-refractivity contribution in [2.24, 2.45) is 0 Å². The van der Waals surface area contributed by atoms with Gasteiger partial charge in [0, 0.05) is 38.6 Å². The van der Waals surface area contributed by atoms with Crippen LogP contribution in [-0.4, -0.2) is 36.1 Å². The van der Waals surface area contributed by atoms with Gasteiger partial charge in [0.1, 0.15) is 11.6 Å². The maximum absolute atomic E-state index is 13.1. The first-order valence-corrected chi connectivity index (χ1v) is 7.37. The fourth-order valence-corrected chi connectivity index (χ4v) is 2.68. The van der Waals surface area contributed by atoms with Crippen LogP contribution in [0.4, 0.5) is 24.8 Å². The van der Waals surface area contributed by atoms with Crippen molar-refractivity contribution >= 4 is 11.6 Å². The topological polar surface area (TPSA) is 56.1 Å². The Bertz CT molecular complexity index is 761. The van der Waals surface area contributed by atoms with E-state index in [0.717, 1.165) is 6.07 Å². The summed E-state index contributed by atoms with van der Waals surface area (Å²) < 4.78 is 39.3. The second kappa shape index (κ2) is 6.35. The van der Waals surface area contributed by atoms with Gasteiger partial charge in [0.2, 0.25) is 0 Å². The van der Waals surface area contributed by atoms with Gasteiger partial charge in [-0.05, 0) is 24.3 Å². The predicted octanol–water partition coefficient (Wildman–Crippen LogP) is 2.69. The molecule has 2 aromatic rings. The summed E-state index contributed by atoms with van der Waals surface area (Å²) in [7, 11) is 0. The van der Waals surface area contributed by atoms with Crippen molar-refractivity contribution in [3.63, 3.8) is 0 Å². The first kappa shape index (κ1) is 16.1. The third-order valence-corrected chi connectivity index (χ3v) is 3.87.